The first-order valence-electron chi connectivity index (χ1n) is 10.2. The molecular weight excluding hydrogens is 364 g/mol. The number of H-pyrrole nitrogens is 1. The highest BCUT2D eigenvalue weighted by Gasteiger charge is 2.29. The third-order valence-corrected chi connectivity index (χ3v) is 5.64. The van der Waals surface area contributed by atoms with E-state index in [-0.39, 0.29) is 5.88 Å². The van der Waals surface area contributed by atoms with Crippen LogP contribution in [0.3, 0.4) is 0 Å². The Morgan fingerprint density at radius 1 is 1.03 bits per heavy atom. The van der Waals surface area contributed by atoms with Gasteiger partial charge in [0.1, 0.15) is 18.0 Å². The van der Waals surface area contributed by atoms with E-state index in [1.165, 1.54) is 19.3 Å². The van der Waals surface area contributed by atoms with Gasteiger partial charge in [0, 0.05) is 23.0 Å². The lowest BCUT2D eigenvalue weighted by molar-refractivity contribution is 0.103. The first-order chi connectivity index (χ1) is 14.3. The zero-order valence-electron chi connectivity index (χ0n) is 16.3. The topological polar surface area (TPSA) is 73.2 Å². The molecule has 2 N–H and O–H groups in total. The van der Waals surface area contributed by atoms with Gasteiger partial charge in [0.05, 0.1) is 11.3 Å². The zero-order chi connectivity index (χ0) is 19.6. The largest absolute Gasteiger partial charge is 0.494 e. The molecule has 0 aliphatic carbocycles. The number of aromatic amines is 1. The molecule has 1 fully saturated rings. The predicted octanol–water partition coefficient (Wildman–Crippen LogP) is 4.21. The number of hydrogen-bond acceptors (Lipinski definition) is 5. The number of fused-ring (bicyclic) bond motifs is 2. The molecule has 0 spiro atoms. The Labute approximate surface area is 169 Å². The van der Waals surface area contributed by atoms with E-state index in [0.29, 0.717) is 23.6 Å². The fraction of sp³-hybridized carbons (Fsp3) is 0.304. The molecule has 5 rings (SSSR count). The third-order valence-electron chi connectivity index (χ3n) is 5.64. The number of hydrogen-bond donors (Lipinski definition) is 2. The minimum atomic E-state index is 0.0961. The Hall–Kier alpha value is -3.12. The first-order valence-corrected chi connectivity index (χ1v) is 10.2. The number of aromatic hydroxyl groups is 1. The van der Waals surface area contributed by atoms with Crippen molar-refractivity contribution < 1.29 is 9.94 Å². The molecule has 6 nitrogen and oxygen atoms in total. The molecule has 0 unspecified atom stereocenters. The maximum atomic E-state index is 10.6. The van der Waals surface area contributed by atoms with Crippen LogP contribution in [0.1, 0.15) is 30.4 Å². The molecule has 0 saturated carbocycles. The van der Waals surface area contributed by atoms with Gasteiger partial charge in [-0.25, -0.2) is 4.99 Å². The molecule has 0 bridgehead atoms. The van der Waals surface area contributed by atoms with Crippen LogP contribution in [0.25, 0.3) is 10.9 Å². The predicted molar refractivity (Wildman–Crippen MR) is 115 cm³/mol. The van der Waals surface area contributed by atoms with Gasteiger partial charge in [-0.1, -0.05) is 48.0 Å². The lowest BCUT2D eigenvalue weighted by Crippen LogP contribution is -2.32. The van der Waals surface area contributed by atoms with Gasteiger partial charge in [-0.05, 0) is 38.1 Å². The summed E-state index contributed by atoms with van der Waals surface area (Å²) in [6, 6.07) is 15.7. The van der Waals surface area contributed by atoms with Crippen LogP contribution >= 0.6 is 0 Å². The Kier molecular flexibility index (Phi) is 4.77. The van der Waals surface area contributed by atoms with Gasteiger partial charge in [-0.2, -0.15) is 0 Å². The average molecular weight is 388 g/mol. The van der Waals surface area contributed by atoms with Gasteiger partial charge in [0.2, 0.25) is 0 Å². The molecule has 0 amide bonds. The van der Waals surface area contributed by atoms with E-state index >= 15 is 0 Å². The number of aromatic nitrogens is 1. The second kappa shape index (κ2) is 7.72. The summed E-state index contributed by atoms with van der Waals surface area (Å²) in [7, 11) is 0. The summed E-state index contributed by atoms with van der Waals surface area (Å²) < 4.78 is 0. The number of oxime groups is 1. The summed E-state index contributed by atoms with van der Waals surface area (Å²) in [5.41, 5.74) is 4.59. The minimum absolute atomic E-state index is 0.0961. The van der Waals surface area contributed by atoms with Gasteiger partial charge in [-0.3, -0.25) is 4.90 Å². The van der Waals surface area contributed by atoms with Crippen LogP contribution in [0.2, 0.25) is 0 Å². The van der Waals surface area contributed by atoms with Crippen LogP contribution in [-0.2, 0) is 4.84 Å². The summed E-state index contributed by atoms with van der Waals surface area (Å²) in [5.74, 6) is 0.0961. The highest BCUT2D eigenvalue weighted by Crippen LogP contribution is 2.35. The average Bonchev–Trinajstić information content (AvgIpc) is 3.28. The molecule has 1 aromatic heterocycles. The van der Waals surface area contributed by atoms with Gasteiger partial charge in [0.15, 0.2) is 5.88 Å². The molecule has 6 heteroatoms. The smallest absolute Gasteiger partial charge is 0.199 e. The van der Waals surface area contributed by atoms with Crippen molar-refractivity contribution in [1.29, 1.82) is 0 Å². The van der Waals surface area contributed by atoms with Crippen molar-refractivity contribution in [3.63, 3.8) is 0 Å². The molecule has 3 heterocycles. The molecule has 2 aromatic carbocycles. The van der Waals surface area contributed by atoms with Crippen molar-refractivity contribution in [1.82, 2.24) is 9.88 Å². The van der Waals surface area contributed by atoms with E-state index in [1.54, 1.807) is 0 Å². The molecule has 3 aromatic rings. The number of para-hydroxylation sites is 2. The van der Waals surface area contributed by atoms with Gasteiger partial charge in [-0.15, -0.1) is 0 Å². The Balaban J connectivity index is 1.45. The zero-order valence-corrected chi connectivity index (χ0v) is 16.3. The van der Waals surface area contributed by atoms with E-state index in [1.807, 2.05) is 48.5 Å². The van der Waals surface area contributed by atoms with E-state index in [9.17, 15) is 5.11 Å². The molecule has 148 valence electrons. The lowest BCUT2D eigenvalue weighted by atomic mass is 10.0. The van der Waals surface area contributed by atoms with E-state index in [2.05, 4.69) is 15.0 Å². The molecule has 29 heavy (non-hydrogen) atoms. The van der Waals surface area contributed by atoms with Crippen molar-refractivity contribution in [3.05, 3.63) is 59.7 Å². The Morgan fingerprint density at radius 3 is 2.72 bits per heavy atom. The third kappa shape index (κ3) is 3.40. The van der Waals surface area contributed by atoms with Crippen molar-refractivity contribution in [2.24, 2.45) is 10.1 Å². The van der Waals surface area contributed by atoms with Crippen LogP contribution in [0.5, 0.6) is 5.88 Å². The molecule has 0 radical (unpaired) electrons. The fourth-order valence-corrected chi connectivity index (χ4v) is 4.17. The molecule has 1 saturated heterocycles. The van der Waals surface area contributed by atoms with Gasteiger partial charge in [0.25, 0.3) is 0 Å². The van der Waals surface area contributed by atoms with Gasteiger partial charge < -0.3 is 14.9 Å². The second-order valence-electron chi connectivity index (χ2n) is 7.55. The number of nitrogens with one attached hydrogen (secondary N) is 1. The Morgan fingerprint density at radius 2 is 1.83 bits per heavy atom. The van der Waals surface area contributed by atoms with Gasteiger partial charge >= 0.3 is 0 Å². The highest BCUT2D eigenvalue weighted by atomic mass is 16.6. The monoisotopic (exact) mass is 388 g/mol. The maximum Gasteiger partial charge on any atom is 0.199 e. The summed E-state index contributed by atoms with van der Waals surface area (Å²) in [5, 5.41) is 16.0. The summed E-state index contributed by atoms with van der Waals surface area (Å²) >= 11 is 0. The van der Waals surface area contributed by atoms with E-state index in [4.69, 9.17) is 9.83 Å². The number of aliphatic imine (C=N–C) groups is 1. The van der Waals surface area contributed by atoms with E-state index < -0.39 is 0 Å². The van der Waals surface area contributed by atoms with Crippen LogP contribution in [0, 0.1) is 0 Å². The summed E-state index contributed by atoms with van der Waals surface area (Å²) in [6.07, 6.45) is 3.85. The number of benzene rings is 2. The van der Waals surface area contributed by atoms with Crippen molar-refractivity contribution in [2.45, 2.75) is 19.3 Å². The SMILES string of the molecule is Oc1[nH]c2ccccc2c1C1=Nc2ccccc2/C1=N\OCCN1CCCCC1. The maximum absolute atomic E-state index is 10.6. The normalized spacial score (nSPS) is 18.2. The number of nitrogens with zero attached hydrogens (tertiary/aromatic N) is 3. The molecular formula is C23H24N4O2. The van der Waals surface area contributed by atoms with Crippen LogP contribution in [-0.4, -0.2) is 52.7 Å². The lowest BCUT2D eigenvalue weighted by Gasteiger charge is -2.25. The number of likely N-dealkylation sites (tertiary alicyclic amines) is 1. The molecule has 2 aliphatic rings. The van der Waals surface area contributed by atoms with Crippen LogP contribution < -0.4 is 0 Å². The van der Waals surface area contributed by atoms with E-state index in [0.717, 1.165) is 41.8 Å². The van der Waals surface area contributed by atoms with Crippen LogP contribution in [0.4, 0.5) is 5.69 Å². The molecule has 2 aliphatic heterocycles. The van der Waals surface area contributed by atoms with Crippen molar-refractivity contribution >= 4 is 28.0 Å². The quantitative estimate of drug-likeness (QED) is 0.508. The first kappa shape index (κ1) is 17.9. The molecule has 0 atom stereocenters. The summed E-state index contributed by atoms with van der Waals surface area (Å²) in [4.78, 5) is 16.0. The van der Waals surface area contributed by atoms with Crippen molar-refractivity contribution in [3.8, 4) is 5.88 Å². The summed E-state index contributed by atoms with van der Waals surface area (Å²) in [6.45, 7) is 3.69. The van der Waals surface area contributed by atoms with Crippen LogP contribution in [0.15, 0.2) is 58.7 Å². The number of piperidine rings is 1. The minimum Gasteiger partial charge on any atom is -0.494 e. The Bertz CT molecular complexity index is 1090. The fourth-order valence-electron chi connectivity index (χ4n) is 4.17. The standard InChI is InChI=1S/C23H24N4O2/c28-23-20(16-8-2-4-10-18(16)25-23)22-21(17-9-3-5-11-19(17)24-22)26-29-15-14-27-12-6-1-7-13-27/h2-5,8-11,25,28H,1,6-7,12-15H2/b26-21+. The highest BCUT2D eigenvalue weighted by molar-refractivity contribution is 6.58. The number of rotatable bonds is 5. The van der Waals surface area contributed by atoms with Crippen molar-refractivity contribution in [2.75, 3.05) is 26.2 Å². The second-order valence-corrected chi connectivity index (χ2v) is 7.55.